The van der Waals surface area contributed by atoms with Gasteiger partial charge >= 0.3 is 21.7 Å². The van der Waals surface area contributed by atoms with Crippen LogP contribution < -0.4 is 37.2 Å². The Bertz CT molecular complexity index is 396. The van der Waals surface area contributed by atoms with Gasteiger partial charge in [0, 0.05) is 0 Å². The van der Waals surface area contributed by atoms with Gasteiger partial charge in [-0.1, -0.05) is 44.2 Å². The minimum absolute atomic E-state index is 0. The van der Waals surface area contributed by atoms with Gasteiger partial charge in [0.1, 0.15) is 0 Å². The standard InChI is InChI=1S/C14H15.3ClH.Ti/c1-14(2,13-10-6-7-11-13)12-8-4-3-5-9-12;;;;/h3-11H,1-2H3;3*1H;/q-1;;;;+4/p-3. The van der Waals surface area contributed by atoms with Gasteiger partial charge < -0.3 is 37.2 Å². The monoisotopic (exact) mass is 336 g/mol. The van der Waals surface area contributed by atoms with Crippen molar-refractivity contribution in [3.8, 4) is 0 Å². The van der Waals surface area contributed by atoms with Gasteiger partial charge in [-0.3, -0.25) is 0 Å². The summed E-state index contributed by atoms with van der Waals surface area (Å²) in [5.74, 6) is 0. The molecule has 0 unspecified atom stereocenters. The summed E-state index contributed by atoms with van der Waals surface area (Å²) in [5, 5.41) is 0. The van der Waals surface area contributed by atoms with Gasteiger partial charge in [-0.05, 0) is 11.0 Å². The molecule has 2 aromatic rings. The van der Waals surface area contributed by atoms with Crippen molar-refractivity contribution in [2.45, 2.75) is 19.3 Å². The van der Waals surface area contributed by atoms with Gasteiger partial charge in [-0.15, -0.1) is 5.56 Å². The molecule has 0 nitrogen and oxygen atoms in total. The number of hydrogen-bond acceptors (Lipinski definition) is 0. The maximum Gasteiger partial charge on any atom is 4.00 e. The zero-order chi connectivity index (χ0) is 10.0. The zero-order valence-electron chi connectivity index (χ0n) is 10.3. The van der Waals surface area contributed by atoms with Crippen LogP contribution >= 0.6 is 0 Å². The van der Waals surface area contributed by atoms with Crippen molar-refractivity contribution in [1.82, 2.24) is 0 Å². The Morgan fingerprint density at radius 1 is 0.778 bits per heavy atom. The van der Waals surface area contributed by atoms with Gasteiger partial charge in [0.05, 0.1) is 0 Å². The minimum Gasteiger partial charge on any atom is -1.00 e. The van der Waals surface area contributed by atoms with Crippen molar-refractivity contribution in [2.75, 3.05) is 0 Å². The molecule has 0 fully saturated rings. The van der Waals surface area contributed by atoms with Crippen LogP contribution in [0, 0.1) is 0 Å². The van der Waals surface area contributed by atoms with E-state index in [-0.39, 0.29) is 64.4 Å². The fraction of sp³-hybridized carbons (Fsp3) is 0.214. The second-order valence-electron chi connectivity index (χ2n) is 4.16. The minimum atomic E-state index is 0. The van der Waals surface area contributed by atoms with E-state index in [9.17, 15) is 0 Å². The third-order valence-electron chi connectivity index (χ3n) is 2.88. The van der Waals surface area contributed by atoms with E-state index in [0.29, 0.717) is 0 Å². The first-order valence-electron chi connectivity index (χ1n) is 4.99. The van der Waals surface area contributed by atoms with E-state index in [0.717, 1.165) is 0 Å². The molecular weight excluding hydrogens is 322 g/mol. The van der Waals surface area contributed by atoms with Crippen LogP contribution in [0.5, 0.6) is 0 Å². The molecule has 4 heteroatoms. The smallest absolute Gasteiger partial charge is 1.00 e. The Kier molecular flexibility index (Phi) is 12.9. The molecule has 2 aromatic carbocycles. The third-order valence-corrected chi connectivity index (χ3v) is 2.88. The summed E-state index contributed by atoms with van der Waals surface area (Å²) >= 11 is 0. The molecule has 18 heavy (non-hydrogen) atoms. The molecule has 0 amide bonds. The van der Waals surface area contributed by atoms with Crippen molar-refractivity contribution in [1.29, 1.82) is 0 Å². The molecule has 0 aliphatic carbocycles. The zero-order valence-corrected chi connectivity index (χ0v) is 14.2. The largest absolute Gasteiger partial charge is 4.00 e. The number of benzene rings is 1. The molecule has 0 saturated heterocycles. The van der Waals surface area contributed by atoms with Crippen LogP contribution in [0.4, 0.5) is 0 Å². The average Bonchev–Trinajstić information content (AvgIpc) is 2.72. The number of hydrogen-bond donors (Lipinski definition) is 0. The molecule has 0 spiro atoms. The Labute approximate surface area is 143 Å². The maximum atomic E-state index is 2.26. The molecule has 0 heterocycles. The SMILES string of the molecule is CC(C)(c1ccccc1)[c-]1cccc1.[Cl-].[Cl-].[Cl-].[Ti+4]. The summed E-state index contributed by atoms with van der Waals surface area (Å²) in [6.45, 7) is 4.52. The molecular formula is C14H15Cl3Ti. The molecule has 0 bridgehead atoms. The van der Waals surface area contributed by atoms with Crippen LogP contribution in [0.1, 0.15) is 25.0 Å². The average molecular weight is 338 g/mol. The third kappa shape index (κ3) is 5.03. The first kappa shape index (κ1) is 23.3. The summed E-state index contributed by atoms with van der Waals surface area (Å²) in [6.07, 6.45) is 0. The van der Waals surface area contributed by atoms with E-state index in [1.807, 2.05) is 0 Å². The van der Waals surface area contributed by atoms with Crippen LogP contribution in [0.3, 0.4) is 0 Å². The molecule has 0 aliphatic heterocycles. The predicted molar refractivity (Wildman–Crippen MR) is 60.6 cm³/mol. The van der Waals surface area contributed by atoms with Crippen LogP contribution in [-0.2, 0) is 27.1 Å². The normalized spacial score (nSPS) is 9.00. The topological polar surface area (TPSA) is 0 Å². The van der Waals surface area contributed by atoms with Crippen LogP contribution in [0.25, 0.3) is 0 Å². The summed E-state index contributed by atoms with van der Waals surface area (Å²) in [6, 6.07) is 19.2. The van der Waals surface area contributed by atoms with Crippen molar-refractivity contribution >= 4 is 0 Å². The van der Waals surface area contributed by atoms with Crippen molar-refractivity contribution in [3.63, 3.8) is 0 Å². The van der Waals surface area contributed by atoms with Crippen molar-refractivity contribution < 1.29 is 58.9 Å². The molecule has 0 aliphatic rings. The first-order valence-corrected chi connectivity index (χ1v) is 4.99. The van der Waals surface area contributed by atoms with Crippen LogP contribution in [-0.4, -0.2) is 0 Å². The Morgan fingerprint density at radius 2 is 1.22 bits per heavy atom. The fourth-order valence-corrected chi connectivity index (χ4v) is 1.81. The van der Waals surface area contributed by atoms with Crippen LogP contribution in [0.15, 0.2) is 54.6 Å². The van der Waals surface area contributed by atoms with Crippen molar-refractivity contribution in [3.05, 3.63) is 65.7 Å². The molecule has 0 saturated carbocycles. The first-order chi connectivity index (χ1) is 6.71. The van der Waals surface area contributed by atoms with E-state index in [2.05, 4.69) is 68.4 Å². The molecule has 0 aromatic heterocycles. The Balaban J connectivity index is -0.000000562. The Hall–Kier alpha value is 0.154. The van der Waals surface area contributed by atoms with Gasteiger partial charge in [-0.25, -0.2) is 12.1 Å². The second kappa shape index (κ2) is 10.0. The van der Waals surface area contributed by atoms with E-state index < -0.39 is 0 Å². The molecule has 0 atom stereocenters. The molecule has 96 valence electrons. The van der Waals surface area contributed by atoms with E-state index in [4.69, 9.17) is 0 Å². The van der Waals surface area contributed by atoms with Gasteiger partial charge in [0.15, 0.2) is 0 Å². The summed E-state index contributed by atoms with van der Waals surface area (Å²) in [4.78, 5) is 0. The van der Waals surface area contributed by atoms with Gasteiger partial charge in [0.25, 0.3) is 0 Å². The predicted octanol–water partition coefficient (Wildman–Crippen LogP) is -5.26. The van der Waals surface area contributed by atoms with E-state index in [1.165, 1.54) is 11.1 Å². The van der Waals surface area contributed by atoms with E-state index in [1.54, 1.807) is 0 Å². The number of halogens is 3. The number of rotatable bonds is 2. The van der Waals surface area contributed by atoms with E-state index >= 15 is 0 Å². The Morgan fingerprint density at radius 3 is 1.67 bits per heavy atom. The summed E-state index contributed by atoms with van der Waals surface area (Å²) in [5.41, 5.74) is 2.86. The maximum absolute atomic E-state index is 2.26. The van der Waals surface area contributed by atoms with Gasteiger partial charge in [-0.2, -0.15) is 12.1 Å². The van der Waals surface area contributed by atoms with Crippen LogP contribution in [0.2, 0.25) is 0 Å². The van der Waals surface area contributed by atoms with Gasteiger partial charge in [0.2, 0.25) is 0 Å². The molecule has 0 N–H and O–H groups in total. The second-order valence-corrected chi connectivity index (χ2v) is 4.16. The molecule has 0 radical (unpaired) electrons. The fourth-order valence-electron chi connectivity index (χ4n) is 1.81. The van der Waals surface area contributed by atoms with Crippen molar-refractivity contribution in [2.24, 2.45) is 0 Å². The molecule has 2 rings (SSSR count). The summed E-state index contributed by atoms with van der Waals surface area (Å²) < 4.78 is 0. The quantitative estimate of drug-likeness (QED) is 0.380. The summed E-state index contributed by atoms with van der Waals surface area (Å²) in [7, 11) is 0.